The molecule has 2 aromatic carbocycles. The minimum Gasteiger partial charge on any atom is -0.493 e. The molecule has 0 unspecified atom stereocenters. The predicted molar refractivity (Wildman–Crippen MR) is 106 cm³/mol. The molecule has 8 heteroatoms. The Morgan fingerprint density at radius 2 is 1.71 bits per heavy atom. The Bertz CT molecular complexity index is 969. The molecule has 0 fully saturated rings. The van der Waals surface area contributed by atoms with Gasteiger partial charge in [0.2, 0.25) is 11.6 Å². The third kappa shape index (κ3) is 4.23. The fourth-order valence-electron chi connectivity index (χ4n) is 2.51. The van der Waals surface area contributed by atoms with Gasteiger partial charge in [0.15, 0.2) is 17.2 Å². The molecular formula is C20H16BrNO6. The van der Waals surface area contributed by atoms with Gasteiger partial charge in [-0.15, -0.1) is 0 Å². The van der Waals surface area contributed by atoms with Gasteiger partial charge < -0.3 is 18.9 Å². The second-order valence-corrected chi connectivity index (χ2v) is 6.61. The zero-order valence-corrected chi connectivity index (χ0v) is 16.9. The van der Waals surface area contributed by atoms with E-state index in [9.17, 15) is 9.59 Å². The summed E-state index contributed by atoms with van der Waals surface area (Å²) in [6, 6.07) is 10.5. The summed E-state index contributed by atoms with van der Waals surface area (Å²) in [5.74, 6) is -0.132. The number of ether oxygens (including phenoxy) is 4. The van der Waals surface area contributed by atoms with E-state index in [-0.39, 0.29) is 28.8 Å². The van der Waals surface area contributed by atoms with Crippen molar-refractivity contribution in [3.8, 4) is 17.2 Å². The van der Waals surface area contributed by atoms with Crippen molar-refractivity contribution in [2.45, 2.75) is 6.92 Å². The molecule has 0 bridgehead atoms. The number of hydrogen-bond donors (Lipinski definition) is 0. The van der Waals surface area contributed by atoms with Crippen molar-refractivity contribution in [1.82, 2.24) is 0 Å². The van der Waals surface area contributed by atoms with Crippen molar-refractivity contribution in [1.29, 1.82) is 0 Å². The highest BCUT2D eigenvalue weighted by atomic mass is 79.9. The summed E-state index contributed by atoms with van der Waals surface area (Å²) in [6.45, 7) is 1.28. The van der Waals surface area contributed by atoms with Crippen LogP contribution in [0.1, 0.15) is 18.1 Å². The minimum atomic E-state index is -0.570. The van der Waals surface area contributed by atoms with Gasteiger partial charge in [-0.1, -0.05) is 15.9 Å². The van der Waals surface area contributed by atoms with Crippen LogP contribution in [-0.4, -0.2) is 32.1 Å². The van der Waals surface area contributed by atoms with E-state index in [0.717, 1.165) is 4.47 Å². The molecule has 1 aliphatic heterocycles. The molecule has 0 saturated carbocycles. The van der Waals surface area contributed by atoms with Crippen LogP contribution in [0.25, 0.3) is 6.08 Å². The molecule has 3 rings (SSSR count). The Balaban J connectivity index is 1.99. The highest BCUT2D eigenvalue weighted by Crippen LogP contribution is 2.39. The van der Waals surface area contributed by atoms with Crippen molar-refractivity contribution in [2.24, 2.45) is 4.99 Å². The number of methoxy groups -OCH3 is 2. The third-order valence-electron chi connectivity index (χ3n) is 3.74. The number of esters is 2. The molecule has 7 nitrogen and oxygen atoms in total. The van der Waals surface area contributed by atoms with Crippen LogP contribution in [0.2, 0.25) is 0 Å². The lowest BCUT2D eigenvalue weighted by atomic mass is 10.1. The number of aliphatic imine (C=N–C) groups is 1. The van der Waals surface area contributed by atoms with Crippen molar-refractivity contribution in [3.63, 3.8) is 0 Å². The van der Waals surface area contributed by atoms with Gasteiger partial charge >= 0.3 is 11.9 Å². The lowest BCUT2D eigenvalue weighted by Crippen LogP contribution is -2.05. The summed E-state index contributed by atoms with van der Waals surface area (Å²) in [5, 5.41) is 0. The minimum absolute atomic E-state index is 0.127. The smallest absolute Gasteiger partial charge is 0.363 e. The van der Waals surface area contributed by atoms with Crippen LogP contribution in [0.3, 0.4) is 0 Å². The SMILES string of the molecule is COc1cc(C=C2N=C(c3ccc(Br)cc3)OC2=O)cc(OC)c1OC(C)=O. The molecule has 0 radical (unpaired) electrons. The summed E-state index contributed by atoms with van der Waals surface area (Å²) in [5.41, 5.74) is 1.37. The average Bonchev–Trinajstić information content (AvgIpc) is 3.03. The van der Waals surface area contributed by atoms with E-state index in [0.29, 0.717) is 11.1 Å². The summed E-state index contributed by atoms with van der Waals surface area (Å²) >= 11 is 3.36. The van der Waals surface area contributed by atoms with Gasteiger partial charge in [0.05, 0.1) is 14.2 Å². The molecule has 0 aliphatic carbocycles. The zero-order valence-electron chi connectivity index (χ0n) is 15.3. The van der Waals surface area contributed by atoms with Gasteiger partial charge in [-0.05, 0) is 48.0 Å². The number of nitrogens with zero attached hydrogens (tertiary/aromatic N) is 1. The van der Waals surface area contributed by atoms with E-state index < -0.39 is 11.9 Å². The fraction of sp³-hybridized carbons (Fsp3) is 0.150. The number of halogens is 1. The monoisotopic (exact) mass is 445 g/mol. The van der Waals surface area contributed by atoms with Gasteiger partial charge in [-0.3, -0.25) is 4.79 Å². The second kappa shape index (κ2) is 8.26. The summed E-state index contributed by atoms with van der Waals surface area (Å²) in [6.07, 6.45) is 1.54. The molecular weight excluding hydrogens is 430 g/mol. The Morgan fingerprint density at radius 3 is 2.25 bits per heavy atom. The van der Waals surface area contributed by atoms with E-state index in [1.807, 2.05) is 12.1 Å². The molecule has 144 valence electrons. The number of hydrogen-bond acceptors (Lipinski definition) is 7. The molecule has 2 aromatic rings. The Hall–Kier alpha value is -3.13. The summed E-state index contributed by atoms with van der Waals surface area (Å²) in [7, 11) is 2.87. The van der Waals surface area contributed by atoms with Gasteiger partial charge in [-0.2, -0.15) is 0 Å². The molecule has 0 aromatic heterocycles. The number of cyclic esters (lactones) is 1. The van der Waals surface area contributed by atoms with Crippen molar-refractivity contribution >= 4 is 39.8 Å². The Morgan fingerprint density at radius 1 is 1.11 bits per heavy atom. The molecule has 0 atom stereocenters. The largest absolute Gasteiger partial charge is 0.493 e. The standard InChI is InChI=1S/C20H16BrNO6/c1-11(23)27-18-16(25-2)9-12(10-17(18)26-3)8-15-20(24)28-19(22-15)13-4-6-14(21)7-5-13/h4-10H,1-3H3. The van der Waals surface area contributed by atoms with Crippen LogP contribution in [0.4, 0.5) is 0 Å². The van der Waals surface area contributed by atoms with Gasteiger partial charge in [-0.25, -0.2) is 9.79 Å². The summed E-state index contributed by atoms with van der Waals surface area (Å²) in [4.78, 5) is 27.8. The van der Waals surface area contributed by atoms with E-state index in [1.165, 1.54) is 27.2 Å². The zero-order chi connectivity index (χ0) is 20.3. The van der Waals surface area contributed by atoms with Crippen molar-refractivity contribution < 1.29 is 28.5 Å². The number of carbonyl (C=O) groups is 2. The predicted octanol–water partition coefficient (Wildman–Crippen LogP) is 3.74. The molecule has 0 N–H and O–H groups in total. The van der Waals surface area contributed by atoms with Crippen LogP contribution < -0.4 is 14.2 Å². The molecule has 28 heavy (non-hydrogen) atoms. The molecule has 0 amide bonds. The lowest BCUT2D eigenvalue weighted by molar-refractivity contribution is -0.132. The number of carbonyl (C=O) groups excluding carboxylic acids is 2. The van der Waals surface area contributed by atoms with E-state index >= 15 is 0 Å². The normalized spacial score (nSPS) is 14.5. The first kappa shape index (κ1) is 19.6. The van der Waals surface area contributed by atoms with Gasteiger partial charge in [0, 0.05) is 17.0 Å². The van der Waals surface area contributed by atoms with Crippen LogP contribution in [0.5, 0.6) is 17.2 Å². The van der Waals surface area contributed by atoms with E-state index in [2.05, 4.69) is 20.9 Å². The van der Waals surface area contributed by atoms with Crippen LogP contribution >= 0.6 is 15.9 Å². The van der Waals surface area contributed by atoms with Crippen LogP contribution in [0.15, 0.2) is 51.6 Å². The van der Waals surface area contributed by atoms with E-state index in [4.69, 9.17) is 18.9 Å². The van der Waals surface area contributed by atoms with Crippen LogP contribution in [0, 0.1) is 0 Å². The first-order valence-corrected chi connectivity index (χ1v) is 8.93. The molecule has 0 saturated heterocycles. The quantitative estimate of drug-likeness (QED) is 0.396. The number of benzene rings is 2. The van der Waals surface area contributed by atoms with Gasteiger partial charge in [0.25, 0.3) is 0 Å². The maximum absolute atomic E-state index is 12.2. The molecule has 1 aliphatic rings. The topological polar surface area (TPSA) is 83.4 Å². The number of rotatable bonds is 5. The molecule has 1 heterocycles. The van der Waals surface area contributed by atoms with Crippen molar-refractivity contribution in [3.05, 3.63) is 57.7 Å². The van der Waals surface area contributed by atoms with E-state index in [1.54, 1.807) is 24.3 Å². The summed E-state index contributed by atoms with van der Waals surface area (Å²) < 4.78 is 21.9. The average molecular weight is 446 g/mol. The lowest BCUT2D eigenvalue weighted by Gasteiger charge is -2.13. The third-order valence-corrected chi connectivity index (χ3v) is 4.27. The van der Waals surface area contributed by atoms with Crippen molar-refractivity contribution in [2.75, 3.05) is 14.2 Å². The first-order chi connectivity index (χ1) is 13.4. The Labute approximate surface area is 169 Å². The molecule has 0 spiro atoms. The highest BCUT2D eigenvalue weighted by Gasteiger charge is 2.25. The first-order valence-electron chi connectivity index (χ1n) is 8.14. The Kier molecular flexibility index (Phi) is 5.79. The maximum Gasteiger partial charge on any atom is 0.363 e. The maximum atomic E-state index is 12.2. The highest BCUT2D eigenvalue weighted by molar-refractivity contribution is 9.10. The second-order valence-electron chi connectivity index (χ2n) is 5.69. The fourth-order valence-corrected chi connectivity index (χ4v) is 2.78. The van der Waals surface area contributed by atoms with Crippen LogP contribution in [-0.2, 0) is 14.3 Å². The van der Waals surface area contributed by atoms with Gasteiger partial charge in [0.1, 0.15) is 0 Å².